The van der Waals surface area contributed by atoms with Crippen LogP contribution in [-0.2, 0) is 7.05 Å². The molecule has 0 aromatic carbocycles. The summed E-state index contributed by atoms with van der Waals surface area (Å²) in [7, 11) is 3.21. The van der Waals surface area contributed by atoms with Crippen LogP contribution in [0, 0.1) is 5.82 Å². The lowest BCUT2D eigenvalue weighted by atomic mass is 10.3. The Balaban J connectivity index is 3.25. The predicted octanol–water partition coefficient (Wildman–Crippen LogP) is 1.10. The summed E-state index contributed by atoms with van der Waals surface area (Å²) in [5.41, 5.74) is -0.542. The number of rotatable bonds is 3. The van der Waals surface area contributed by atoms with Crippen LogP contribution in [0.15, 0.2) is 0 Å². The number of hydrogen-bond donors (Lipinski definition) is 1. The van der Waals surface area contributed by atoms with Gasteiger partial charge in [-0.15, -0.1) is 0 Å². The van der Waals surface area contributed by atoms with E-state index in [4.69, 9.17) is 5.11 Å². The van der Waals surface area contributed by atoms with Gasteiger partial charge >= 0.3 is 5.97 Å². The van der Waals surface area contributed by atoms with Gasteiger partial charge < -0.3 is 10.0 Å². The summed E-state index contributed by atoms with van der Waals surface area (Å²) >= 11 is 0. The van der Waals surface area contributed by atoms with E-state index in [1.54, 1.807) is 11.9 Å². The van der Waals surface area contributed by atoms with Crippen molar-refractivity contribution in [2.24, 2.45) is 7.05 Å². The van der Waals surface area contributed by atoms with Crippen molar-refractivity contribution in [2.75, 3.05) is 11.9 Å². The molecular weight excluding hydrogens is 201 g/mol. The van der Waals surface area contributed by atoms with Crippen LogP contribution >= 0.6 is 0 Å². The van der Waals surface area contributed by atoms with Gasteiger partial charge in [-0.05, 0) is 13.8 Å². The van der Waals surface area contributed by atoms with E-state index in [9.17, 15) is 9.18 Å². The summed E-state index contributed by atoms with van der Waals surface area (Å²) in [5, 5.41) is 12.3. The zero-order valence-corrected chi connectivity index (χ0v) is 9.15. The number of aromatic nitrogens is 2. The molecule has 84 valence electrons. The smallest absolute Gasteiger partial charge is 0.359 e. The second-order valence-electron chi connectivity index (χ2n) is 3.62. The normalized spacial score (nSPS) is 10.8. The van der Waals surface area contributed by atoms with E-state index in [-0.39, 0.29) is 11.9 Å². The number of nitrogens with zero attached hydrogens (tertiary/aromatic N) is 3. The molecule has 5 nitrogen and oxygen atoms in total. The average molecular weight is 215 g/mol. The maximum Gasteiger partial charge on any atom is 0.359 e. The van der Waals surface area contributed by atoms with Gasteiger partial charge in [0.2, 0.25) is 5.69 Å². The number of anilines is 1. The molecule has 1 rings (SSSR count). The molecule has 0 bridgehead atoms. The van der Waals surface area contributed by atoms with Gasteiger partial charge in [-0.1, -0.05) is 0 Å². The molecule has 0 spiro atoms. The molecule has 0 saturated heterocycles. The lowest BCUT2D eigenvalue weighted by Gasteiger charge is -2.23. The van der Waals surface area contributed by atoms with Crippen LogP contribution < -0.4 is 4.90 Å². The molecule has 0 saturated carbocycles. The maximum absolute atomic E-state index is 13.6. The van der Waals surface area contributed by atoms with Gasteiger partial charge in [-0.3, -0.25) is 0 Å². The molecule has 0 fully saturated rings. The largest absolute Gasteiger partial charge is 0.476 e. The fourth-order valence-corrected chi connectivity index (χ4v) is 1.25. The van der Waals surface area contributed by atoms with Gasteiger partial charge in [-0.25, -0.2) is 13.9 Å². The molecule has 0 atom stereocenters. The van der Waals surface area contributed by atoms with Crippen LogP contribution in [0.5, 0.6) is 0 Å². The van der Waals surface area contributed by atoms with Gasteiger partial charge in [0.1, 0.15) is 0 Å². The molecule has 0 radical (unpaired) electrons. The maximum atomic E-state index is 13.6. The van der Waals surface area contributed by atoms with E-state index >= 15 is 0 Å². The molecule has 1 N–H and O–H groups in total. The molecule has 1 aromatic rings. The van der Waals surface area contributed by atoms with Crippen molar-refractivity contribution in [3.05, 3.63) is 11.5 Å². The van der Waals surface area contributed by atoms with Crippen LogP contribution in [0.2, 0.25) is 0 Å². The molecule has 0 aliphatic rings. The van der Waals surface area contributed by atoms with Gasteiger partial charge in [0, 0.05) is 20.1 Å². The summed E-state index contributed by atoms with van der Waals surface area (Å²) in [5.74, 6) is -1.96. The van der Waals surface area contributed by atoms with Crippen molar-refractivity contribution < 1.29 is 14.3 Å². The first-order chi connectivity index (χ1) is 6.86. The third kappa shape index (κ3) is 1.93. The van der Waals surface area contributed by atoms with E-state index in [2.05, 4.69) is 5.10 Å². The van der Waals surface area contributed by atoms with Crippen molar-refractivity contribution in [1.82, 2.24) is 9.78 Å². The van der Waals surface area contributed by atoms with E-state index in [0.717, 1.165) is 0 Å². The molecule has 0 aliphatic heterocycles. The van der Waals surface area contributed by atoms with Crippen molar-refractivity contribution in [1.29, 1.82) is 0 Å². The Morgan fingerprint density at radius 3 is 2.47 bits per heavy atom. The highest BCUT2D eigenvalue weighted by Crippen LogP contribution is 2.21. The van der Waals surface area contributed by atoms with Gasteiger partial charge in [0.05, 0.1) is 0 Å². The monoisotopic (exact) mass is 215 g/mol. The molecule has 6 heteroatoms. The quantitative estimate of drug-likeness (QED) is 0.820. The average Bonchev–Trinajstić information content (AvgIpc) is 2.41. The van der Waals surface area contributed by atoms with E-state index < -0.39 is 17.5 Å². The molecular formula is C9H14FN3O2. The van der Waals surface area contributed by atoms with Crippen LogP contribution in [0.25, 0.3) is 0 Å². The van der Waals surface area contributed by atoms with Crippen molar-refractivity contribution >= 4 is 11.8 Å². The van der Waals surface area contributed by atoms with Crippen molar-refractivity contribution in [3.63, 3.8) is 0 Å². The fraction of sp³-hybridized carbons (Fsp3) is 0.556. The van der Waals surface area contributed by atoms with Crippen LogP contribution in [0.4, 0.5) is 10.2 Å². The number of aromatic carboxylic acids is 1. The third-order valence-corrected chi connectivity index (χ3v) is 2.27. The lowest BCUT2D eigenvalue weighted by Crippen LogP contribution is -2.28. The molecule has 1 aromatic heterocycles. The molecule has 0 unspecified atom stereocenters. The van der Waals surface area contributed by atoms with Crippen molar-refractivity contribution in [2.45, 2.75) is 19.9 Å². The summed E-state index contributed by atoms with van der Waals surface area (Å²) in [6, 6.07) is 0.0662. The molecule has 1 heterocycles. The number of aryl methyl sites for hydroxylation is 1. The first-order valence-corrected chi connectivity index (χ1v) is 4.54. The fourth-order valence-electron chi connectivity index (χ4n) is 1.25. The van der Waals surface area contributed by atoms with Crippen LogP contribution in [0.1, 0.15) is 24.3 Å². The second kappa shape index (κ2) is 3.88. The Morgan fingerprint density at radius 1 is 1.60 bits per heavy atom. The van der Waals surface area contributed by atoms with Gasteiger partial charge in [0.25, 0.3) is 0 Å². The number of carbonyl (C=O) groups is 1. The topological polar surface area (TPSA) is 58.4 Å². The number of halogens is 1. The van der Waals surface area contributed by atoms with Gasteiger partial charge in [0.15, 0.2) is 11.6 Å². The zero-order chi connectivity index (χ0) is 11.7. The standard InChI is InChI=1S/C9H14FN3O2/c1-5(2)12(3)8-6(10)7(9(14)15)11-13(8)4/h5H,1-4H3,(H,14,15). The Kier molecular flexibility index (Phi) is 2.97. The summed E-state index contributed by atoms with van der Waals surface area (Å²) < 4.78 is 14.9. The Hall–Kier alpha value is -1.59. The number of hydrogen-bond acceptors (Lipinski definition) is 3. The minimum Gasteiger partial charge on any atom is -0.476 e. The SMILES string of the molecule is CC(C)N(C)c1c(F)c(C(=O)O)nn1C. The Labute approximate surface area is 87.1 Å². The highest BCUT2D eigenvalue weighted by atomic mass is 19.1. The third-order valence-electron chi connectivity index (χ3n) is 2.27. The van der Waals surface area contributed by atoms with Crippen LogP contribution in [0.3, 0.4) is 0 Å². The molecule has 0 aliphatic carbocycles. The van der Waals surface area contributed by atoms with E-state index in [1.807, 2.05) is 13.8 Å². The summed E-state index contributed by atoms with van der Waals surface area (Å²) in [6.45, 7) is 3.76. The first-order valence-electron chi connectivity index (χ1n) is 4.54. The minimum absolute atomic E-state index is 0.0662. The number of carboxylic acid groups (broad SMARTS) is 1. The van der Waals surface area contributed by atoms with Crippen LogP contribution in [-0.4, -0.2) is 33.9 Å². The highest BCUT2D eigenvalue weighted by Gasteiger charge is 2.24. The zero-order valence-electron chi connectivity index (χ0n) is 9.15. The highest BCUT2D eigenvalue weighted by molar-refractivity contribution is 5.86. The number of carboxylic acids is 1. The molecule has 0 amide bonds. The van der Waals surface area contributed by atoms with E-state index in [1.165, 1.54) is 11.7 Å². The Bertz CT molecular complexity index is 387. The molecule has 15 heavy (non-hydrogen) atoms. The van der Waals surface area contributed by atoms with Gasteiger partial charge in [-0.2, -0.15) is 5.10 Å². The lowest BCUT2D eigenvalue weighted by molar-refractivity contribution is 0.0684. The Morgan fingerprint density at radius 2 is 2.13 bits per heavy atom. The van der Waals surface area contributed by atoms with E-state index in [0.29, 0.717) is 0 Å². The summed E-state index contributed by atoms with van der Waals surface area (Å²) in [6.07, 6.45) is 0. The first kappa shape index (κ1) is 11.5. The predicted molar refractivity (Wildman–Crippen MR) is 53.7 cm³/mol. The minimum atomic E-state index is -1.36. The second-order valence-corrected chi connectivity index (χ2v) is 3.62. The summed E-state index contributed by atoms with van der Waals surface area (Å²) in [4.78, 5) is 12.3. The van der Waals surface area contributed by atoms with Crippen molar-refractivity contribution in [3.8, 4) is 0 Å².